The van der Waals surface area contributed by atoms with Crippen molar-refractivity contribution in [3.05, 3.63) is 213 Å². The molecule has 0 saturated carbocycles. The summed E-state index contributed by atoms with van der Waals surface area (Å²) in [7, 11) is 0. The van der Waals surface area contributed by atoms with E-state index < -0.39 is 0 Å². The number of rotatable bonds is 5. The van der Waals surface area contributed by atoms with Gasteiger partial charge in [-0.05, 0) is 80.7 Å². The number of imidazole rings is 1. The lowest BCUT2D eigenvalue weighted by molar-refractivity contribution is 1.14. The van der Waals surface area contributed by atoms with Crippen LogP contribution in [0, 0.1) is 0 Å². The maximum Gasteiger partial charge on any atom is 0.137 e. The van der Waals surface area contributed by atoms with E-state index >= 15 is 0 Å². The summed E-state index contributed by atoms with van der Waals surface area (Å²) in [6.45, 7) is 0. The Kier molecular flexibility index (Phi) is 7.54. The highest BCUT2D eigenvalue weighted by Crippen LogP contribution is 2.51. The summed E-state index contributed by atoms with van der Waals surface area (Å²) in [5.74, 6) is 0. The van der Waals surface area contributed by atoms with E-state index in [4.69, 9.17) is 15.0 Å². The van der Waals surface area contributed by atoms with Gasteiger partial charge in [-0.25, -0.2) is 4.98 Å². The van der Waals surface area contributed by atoms with Gasteiger partial charge in [0.05, 0.1) is 27.9 Å². The lowest BCUT2D eigenvalue weighted by atomic mass is 9.87. The fraction of sp³-hybridized carbons (Fsp3) is 0. The first kappa shape index (κ1) is 34.5. The molecule has 13 aromatic rings. The van der Waals surface area contributed by atoms with Crippen molar-refractivity contribution in [2.45, 2.75) is 0 Å². The second-order valence-electron chi connectivity index (χ2n) is 16.0. The molecule has 5 heteroatoms. The van der Waals surface area contributed by atoms with Gasteiger partial charge in [-0.2, -0.15) is 0 Å². The molecule has 0 unspecified atom stereocenters. The van der Waals surface area contributed by atoms with Gasteiger partial charge in [0.15, 0.2) is 0 Å². The van der Waals surface area contributed by atoms with Crippen molar-refractivity contribution in [3.8, 4) is 50.5 Å². The van der Waals surface area contributed by atoms with Crippen molar-refractivity contribution >= 4 is 70.7 Å². The molecule has 0 spiro atoms. The van der Waals surface area contributed by atoms with Gasteiger partial charge >= 0.3 is 0 Å². The molecule has 0 aliphatic carbocycles. The van der Waals surface area contributed by atoms with E-state index in [0.717, 1.165) is 66.8 Å². The minimum atomic E-state index is 0.915. The van der Waals surface area contributed by atoms with E-state index in [-0.39, 0.29) is 0 Å². The van der Waals surface area contributed by atoms with Crippen LogP contribution in [0.15, 0.2) is 213 Å². The Morgan fingerprint density at radius 3 is 1.94 bits per heavy atom. The van der Waals surface area contributed by atoms with Crippen LogP contribution >= 0.6 is 0 Å². The Morgan fingerprint density at radius 2 is 1.13 bits per heavy atom. The smallest absolute Gasteiger partial charge is 0.137 e. The minimum absolute atomic E-state index is 0.915. The van der Waals surface area contributed by atoms with Crippen molar-refractivity contribution in [1.29, 1.82) is 0 Å². The molecule has 5 heterocycles. The topological polar surface area (TPSA) is 48.0 Å². The summed E-state index contributed by atoms with van der Waals surface area (Å²) in [4.78, 5) is 14.7. The second-order valence-corrected chi connectivity index (χ2v) is 16.0. The van der Waals surface area contributed by atoms with Crippen LogP contribution < -0.4 is 0 Å². The van der Waals surface area contributed by atoms with Gasteiger partial charge < -0.3 is 8.97 Å². The van der Waals surface area contributed by atoms with Crippen LogP contribution in [0.4, 0.5) is 0 Å². The number of aromatic nitrogens is 5. The van der Waals surface area contributed by atoms with Gasteiger partial charge in [-0.1, -0.05) is 146 Å². The molecule has 0 fully saturated rings. The molecule has 5 aromatic heterocycles. The van der Waals surface area contributed by atoms with Gasteiger partial charge in [0, 0.05) is 74.1 Å². The molecular formula is C57H35N5. The fourth-order valence-corrected chi connectivity index (χ4v) is 9.84. The zero-order valence-corrected chi connectivity index (χ0v) is 33.4. The van der Waals surface area contributed by atoms with E-state index in [2.05, 4.69) is 179 Å². The third-order valence-corrected chi connectivity index (χ3v) is 12.6. The maximum atomic E-state index is 5.09. The third-order valence-electron chi connectivity index (χ3n) is 12.6. The first-order valence-electron chi connectivity index (χ1n) is 21.0. The Morgan fingerprint density at radius 1 is 0.435 bits per heavy atom. The summed E-state index contributed by atoms with van der Waals surface area (Å²) >= 11 is 0. The van der Waals surface area contributed by atoms with Crippen LogP contribution in [0.1, 0.15) is 0 Å². The summed E-state index contributed by atoms with van der Waals surface area (Å²) in [5.41, 5.74) is 13.9. The van der Waals surface area contributed by atoms with E-state index in [1.807, 2.05) is 42.9 Å². The van der Waals surface area contributed by atoms with Gasteiger partial charge in [-0.15, -0.1) is 0 Å². The van der Waals surface area contributed by atoms with Gasteiger partial charge in [0.25, 0.3) is 0 Å². The molecule has 0 bridgehead atoms. The summed E-state index contributed by atoms with van der Waals surface area (Å²) < 4.78 is 4.58. The Labute approximate surface area is 356 Å². The monoisotopic (exact) mass is 789 g/mol. The van der Waals surface area contributed by atoms with Crippen LogP contribution in [0.3, 0.4) is 0 Å². The van der Waals surface area contributed by atoms with Crippen molar-refractivity contribution in [3.63, 3.8) is 0 Å². The maximum absolute atomic E-state index is 5.09. The highest BCUT2D eigenvalue weighted by Gasteiger charge is 2.27. The summed E-state index contributed by atoms with van der Waals surface area (Å²) in [6.07, 6.45) is 8.02. The van der Waals surface area contributed by atoms with E-state index in [1.54, 1.807) is 0 Å². The zero-order chi connectivity index (χ0) is 40.7. The normalized spacial score (nSPS) is 11.9. The molecule has 8 aromatic carbocycles. The predicted octanol–water partition coefficient (Wildman–Crippen LogP) is 14.5. The van der Waals surface area contributed by atoms with E-state index in [0.29, 0.717) is 0 Å². The van der Waals surface area contributed by atoms with Crippen LogP contribution in [-0.4, -0.2) is 23.9 Å². The molecule has 0 amide bonds. The lowest BCUT2D eigenvalue weighted by Crippen LogP contribution is -1.98. The minimum Gasteiger partial charge on any atom is -0.308 e. The first-order valence-corrected chi connectivity index (χ1v) is 21.0. The number of nitrogens with zero attached hydrogens (tertiary/aromatic N) is 5. The Bertz CT molecular complexity index is 3870. The van der Waals surface area contributed by atoms with Crippen molar-refractivity contribution in [2.75, 3.05) is 0 Å². The van der Waals surface area contributed by atoms with Crippen LogP contribution in [-0.2, 0) is 0 Å². The molecule has 0 N–H and O–H groups in total. The largest absolute Gasteiger partial charge is 0.308 e. The molecule has 5 nitrogen and oxygen atoms in total. The average molecular weight is 790 g/mol. The standard InChI is InChI=1S/C57H35N5/c1-3-14-37(15-4-1)51-53-52-45-21-9-7-19-43(45)47(41-32-40-25-24-38-18-13-30-58-54(38)55(40)59-34-41)33-48(52)44-20-8-10-22-46(44)57(53)62(56(51)39-16-5-2-6-17-39)42-28-26-36(27-29-42)49-35-61-31-12-11-23-50(61)60-49/h1-35H. The van der Waals surface area contributed by atoms with Crippen molar-refractivity contribution in [2.24, 2.45) is 0 Å². The first-order chi connectivity index (χ1) is 30.8. The summed E-state index contributed by atoms with van der Waals surface area (Å²) in [6, 6.07) is 67.8. The Balaban J connectivity index is 1.16. The van der Waals surface area contributed by atoms with Gasteiger partial charge in [0.1, 0.15) is 5.65 Å². The Hall–Kier alpha value is -8.41. The number of benzene rings is 8. The molecule has 288 valence electrons. The second kappa shape index (κ2) is 13.6. The lowest BCUT2D eigenvalue weighted by Gasteiger charge is -2.17. The average Bonchev–Trinajstić information content (AvgIpc) is 3.95. The van der Waals surface area contributed by atoms with Crippen molar-refractivity contribution in [1.82, 2.24) is 23.9 Å². The molecule has 0 atom stereocenters. The molecule has 13 rings (SSSR count). The number of hydrogen-bond acceptors (Lipinski definition) is 3. The van der Waals surface area contributed by atoms with Crippen LogP contribution in [0.2, 0.25) is 0 Å². The van der Waals surface area contributed by atoms with Crippen LogP contribution in [0.25, 0.3) is 121 Å². The summed E-state index contributed by atoms with van der Waals surface area (Å²) in [5, 5.41) is 10.6. The molecule has 0 aliphatic rings. The molecule has 62 heavy (non-hydrogen) atoms. The van der Waals surface area contributed by atoms with E-state index in [1.165, 1.54) is 54.3 Å². The number of fused-ring (bicyclic) bond motifs is 12. The third kappa shape index (κ3) is 5.18. The number of pyridine rings is 3. The highest BCUT2D eigenvalue weighted by molar-refractivity contribution is 6.36. The fourth-order valence-electron chi connectivity index (χ4n) is 9.84. The number of hydrogen-bond donors (Lipinski definition) is 0. The highest BCUT2D eigenvalue weighted by atomic mass is 15.0. The van der Waals surface area contributed by atoms with Crippen molar-refractivity contribution < 1.29 is 0 Å². The van der Waals surface area contributed by atoms with E-state index in [9.17, 15) is 0 Å². The van der Waals surface area contributed by atoms with Crippen LogP contribution in [0.5, 0.6) is 0 Å². The SMILES string of the molecule is c1ccc(-c2c(-c3ccccc3)n(-c3ccc(-c4cn5ccccc5n4)cc3)c3c4ccccc4c4cc(-c5cnc6c(ccc7cccnc76)c5)c5ccccc5c4c23)cc1. The molecule has 0 aliphatic heterocycles. The molecule has 0 radical (unpaired) electrons. The predicted molar refractivity (Wildman–Crippen MR) is 257 cm³/mol. The van der Waals surface area contributed by atoms with Gasteiger partial charge in [0.2, 0.25) is 0 Å². The quantitative estimate of drug-likeness (QED) is 0.163. The molecular weight excluding hydrogens is 755 g/mol. The zero-order valence-electron chi connectivity index (χ0n) is 33.4. The van der Waals surface area contributed by atoms with Gasteiger partial charge in [-0.3, -0.25) is 9.97 Å². The molecule has 0 saturated heterocycles.